The number of aliphatic imine (C=N–C) groups is 1. The molecule has 1 unspecified atom stereocenters. The molecule has 2 heterocycles. The van der Waals surface area contributed by atoms with E-state index >= 15 is 0 Å². The van der Waals surface area contributed by atoms with Crippen molar-refractivity contribution in [1.82, 2.24) is 20.1 Å². The molecule has 5 rings (SSSR count). The molecule has 0 spiro atoms. The van der Waals surface area contributed by atoms with Crippen molar-refractivity contribution in [2.45, 2.75) is 26.4 Å². The Morgan fingerprint density at radius 3 is 2.51 bits per heavy atom. The third-order valence-electron chi connectivity index (χ3n) is 6.36. The molecule has 0 aliphatic carbocycles. The number of amidine groups is 1. The van der Waals surface area contributed by atoms with Crippen molar-refractivity contribution in [1.29, 1.82) is 0 Å². The second-order valence-electron chi connectivity index (χ2n) is 9.53. The van der Waals surface area contributed by atoms with Crippen molar-refractivity contribution in [2.24, 2.45) is 4.99 Å². The maximum Gasteiger partial charge on any atom is 0.573 e. The lowest BCUT2D eigenvalue weighted by Crippen LogP contribution is -2.32. The summed E-state index contributed by atoms with van der Waals surface area (Å²) in [7, 11) is 0. The number of carbonyl (C=O) groups excluding carboxylic acids is 2. The number of nitrogens with zero attached hydrogens (tertiary/aromatic N) is 5. The van der Waals surface area contributed by atoms with Crippen LogP contribution < -0.4 is 15.0 Å². The van der Waals surface area contributed by atoms with Gasteiger partial charge in [0.15, 0.2) is 11.0 Å². The van der Waals surface area contributed by atoms with Gasteiger partial charge in [0.2, 0.25) is 5.91 Å². The quantitative estimate of drug-likeness (QED) is 0.246. The molecule has 3 amide bonds. The number of benzene rings is 3. The maximum atomic E-state index is 15.0. The summed E-state index contributed by atoms with van der Waals surface area (Å²) in [6, 6.07) is 16.3. The molecule has 1 aromatic heterocycles. The second-order valence-corrected chi connectivity index (χ2v) is 10.5. The first-order chi connectivity index (χ1) is 20.5. The highest BCUT2D eigenvalue weighted by atomic mass is 32.2. The zero-order valence-electron chi connectivity index (χ0n) is 22.8. The van der Waals surface area contributed by atoms with Gasteiger partial charge >= 0.3 is 12.4 Å². The van der Waals surface area contributed by atoms with E-state index in [1.165, 1.54) is 40.2 Å². The normalized spacial score (nSPS) is 15.2. The van der Waals surface area contributed by atoms with Gasteiger partial charge in [-0.1, -0.05) is 48.2 Å². The molecule has 222 valence electrons. The van der Waals surface area contributed by atoms with Gasteiger partial charge in [-0.15, -0.1) is 18.3 Å². The summed E-state index contributed by atoms with van der Waals surface area (Å²) >= 11 is 1.14. The van der Waals surface area contributed by atoms with Gasteiger partial charge in [-0.25, -0.2) is 18.9 Å². The van der Waals surface area contributed by atoms with Crippen molar-refractivity contribution in [3.8, 4) is 22.8 Å². The molecule has 43 heavy (non-hydrogen) atoms. The third-order valence-corrected chi connectivity index (χ3v) is 7.28. The molecule has 0 saturated carbocycles. The van der Waals surface area contributed by atoms with Crippen molar-refractivity contribution < 1.29 is 31.9 Å². The molecule has 0 radical (unpaired) electrons. The number of amides is 3. The number of hydrogen-bond acceptors (Lipinski definition) is 6. The molecular weight excluding hydrogens is 588 g/mol. The topological polar surface area (TPSA) is 102 Å². The van der Waals surface area contributed by atoms with Crippen LogP contribution in [-0.2, 0) is 4.79 Å². The number of hydrogen-bond donors (Lipinski definition) is 1. The van der Waals surface area contributed by atoms with Gasteiger partial charge < -0.3 is 10.1 Å². The molecule has 1 aliphatic rings. The van der Waals surface area contributed by atoms with E-state index in [2.05, 4.69) is 25.1 Å². The SMILES string of the molecule is Cc1ccc(C)c(N2C(=O)CS/C2=N\C(=O)NCC(F)c2ccc(-c3ncn(-c4ccc(OC(F)(F)F)cc4)n3)cc2)c1. The number of thioether (sulfide) groups is 1. The number of aryl methyl sites for hydroxylation is 2. The molecule has 1 N–H and O–H groups in total. The largest absolute Gasteiger partial charge is 0.573 e. The van der Waals surface area contributed by atoms with Gasteiger partial charge in [-0.05, 0) is 60.9 Å². The van der Waals surface area contributed by atoms with Gasteiger partial charge in [0.1, 0.15) is 18.2 Å². The fourth-order valence-electron chi connectivity index (χ4n) is 4.22. The highest BCUT2D eigenvalue weighted by Gasteiger charge is 2.32. The van der Waals surface area contributed by atoms with Crippen LogP contribution in [0.3, 0.4) is 0 Å². The van der Waals surface area contributed by atoms with Crippen LogP contribution in [0, 0.1) is 13.8 Å². The van der Waals surface area contributed by atoms with Crippen LogP contribution in [-0.4, -0.2) is 50.5 Å². The van der Waals surface area contributed by atoms with E-state index < -0.39 is 18.6 Å². The number of carbonyl (C=O) groups is 2. The van der Waals surface area contributed by atoms with Gasteiger partial charge in [0.25, 0.3) is 0 Å². The molecule has 1 atom stereocenters. The summed E-state index contributed by atoms with van der Waals surface area (Å²) in [5.41, 5.74) is 3.81. The minimum absolute atomic E-state index is 0.147. The van der Waals surface area contributed by atoms with Gasteiger partial charge in [0, 0.05) is 5.56 Å². The lowest BCUT2D eigenvalue weighted by Gasteiger charge is -2.19. The lowest BCUT2D eigenvalue weighted by atomic mass is 10.1. The Morgan fingerprint density at radius 1 is 1.09 bits per heavy atom. The standard InChI is InChI=1S/C29H24F4N6O3S/c1-17-3-4-18(2)24(13-17)39-25(40)15-43-28(39)36-27(41)34-14-23(30)19-5-7-20(8-6-19)26-35-16-38(37-26)21-9-11-22(12-10-21)42-29(31,32)33/h3-13,16,23H,14-15H2,1-2H3,(H,34,41)/b36-28-. The first-order valence-electron chi connectivity index (χ1n) is 12.9. The summed E-state index contributed by atoms with van der Waals surface area (Å²) < 4.78 is 57.3. The molecule has 3 aromatic carbocycles. The molecular formula is C29H24F4N6O3S. The predicted molar refractivity (Wildman–Crippen MR) is 154 cm³/mol. The number of halogens is 4. The average molecular weight is 613 g/mol. The fraction of sp³-hybridized carbons (Fsp3) is 0.207. The van der Waals surface area contributed by atoms with E-state index in [1.54, 1.807) is 12.1 Å². The smallest absolute Gasteiger partial charge is 0.406 e. The number of anilines is 1. The summed E-state index contributed by atoms with van der Waals surface area (Å²) in [5.74, 6) is -0.0861. The molecule has 0 bridgehead atoms. The first-order valence-corrected chi connectivity index (χ1v) is 13.9. The van der Waals surface area contributed by atoms with E-state index in [0.29, 0.717) is 28.3 Å². The Balaban J connectivity index is 1.19. The minimum Gasteiger partial charge on any atom is -0.406 e. The van der Waals surface area contributed by atoms with Crippen LogP contribution >= 0.6 is 11.8 Å². The van der Waals surface area contributed by atoms with Crippen LogP contribution in [0.4, 0.5) is 28.0 Å². The van der Waals surface area contributed by atoms with E-state index in [0.717, 1.165) is 35.0 Å². The summed E-state index contributed by atoms with van der Waals surface area (Å²) in [6.45, 7) is 3.43. The highest BCUT2D eigenvalue weighted by molar-refractivity contribution is 8.15. The van der Waals surface area contributed by atoms with Crippen LogP contribution in [0.15, 0.2) is 78.0 Å². The van der Waals surface area contributed by atoms with E-state index in [-0.39, 0.29) is 29.1 Å². The summed E-state index contributed by atoms with van der Waals surface area (Å²) in [6.07, 6.45) is -4.92. The number of urea groups is 1. The number of nitrogens with one attached hydrogen (secondary N) is 1. The Morgan fingerprint density at radius 2 is 1.81 bits per heavy atom. The van der Waals surface area contributed by atoms with Crippen molar-refractivity contribution in [2.75, 3.05) is 17.2 Å². The van der Waals surface area contributed by atoms with Gasteiger partial charge in [-0.2, -0.15) is 4.99 Å². The minimum atomic E-state index is -4.79. The predicted octanol–water partition coefficient (Wildman–Crippen LogP) is 6.31. The summed E-state index contributed by atoms with van der Waals surface area (Å²) in [4.78, 5) is 34.7. The zero-order valence-corrected chi connectivity index (χ0v) is 23.6. The molecule has 4 aromatic rings. The van der Waals surface area contributed by atoms with Crippen molar-refractivity contribution in [3.05, 3.63) is 89.7 Å². The van der Waals surface area contributed by atoms with E-state index in [4.69, 9.17) is 0 Å². The van der Waals surface area contributed by atoms with Crippen molar-refractivity contribution in [3.63, 3.8) is 0 Å². The van der Waals surface area contributed by atoms with Crippen LogP contribution in [0.25, 0.3) is 17.1 Å². The Kier molecular flexibility index (Phi) is 8.48. The molecule has 1 saturated heterocycles. The lowest BCUT2D eigenvalue weighted by molar-refractivity contribution is -0.274. The molecule has 9 nitrogen and oxygen atoms in total. The maximum absolute atomic E-state index is 15.0. The number of aromatic nitrogens is 3. The van der Waals surface area contributed by atoms with Gasteiger partial charge in [-0.3, -0.25) is 9.69 Å². The summed E-state index contributed by atoms with van der Waals surface area (Å²) in [5, 5.41) is 7.01. The Bertz CT molecular complexity index is 1670. The zero-order chi connectivity index (χ0) is 30.7. The molecule has 1 fully saturated rings. The Hall–Kier alpha value is -4.72. The number of rotatable bonds is 7. The van der Waals surface area contributed by atoms with E-state index in [1.807, 2.05) is 32.0 Å². The first kappa shape index (κ1) is 29.8. The fourth-order valence-corrected chi connectivity index (χ4v) is 5.08. The Labute approximate surface area is 247 Å². The second kappa shape index (κ2) is 12.3. The van der Waals surface area contributed by atoms with Crippen LogP contribution in [0.5, 0.6) is 5.75 Å². The van der Waals surface area contributed by atoms with Crippen molar-refractivity contribution >= 4 is 34.6 Å². The molecule has 1 aliphatic heterocycles. The van der Waals surface area contributed by atoms with Crippen LogP contribution in [0.2, 0.25) is 0 Å². The van der Waals surface area contributed by atoms with E-state index in [9.17, 15) is 27.2 Å². The van der Waals surface area contributed by atoms with Crippen LogP contribution in [0.1, 0.15) is 22.9 Å². The molecule has 14 heteroatoms. The number of alkyl halides is 4. The number of ether oxygens (including phenoxy) is 1. The average Bonchev–Trinajstić information content (AvgIpc) is 3.60. The van der Waals surface area contributed by atoms with Gasteiger partial charge in [0.05, 0.1) is 23.7 Å². The monoisotopic (exact) mass is 612 g/mol. The highest BCUT2D eigenvalue weighted by Crippen LogP contribution is 2.30. The third kappa shape index (κ3) is 7.20.